The first kappa shape index (κ1) is 17.3. The Morgan fingerprint density at radius 2 is 1.83 bits per heavy atom. The minimum absolute atomic E-state index is 0.577. The lowest BCUT2D eigenvalue weighted by Crippen LogP contribution is -2.04. The zero-order valence-corrected chi connectivity index (χ0v) is 12.7. The fourth-order valence-electron chi connectivity index (χ4n) is 1.15. The van der Waals surface area contributed by atoms with Crippen molar-refractivity contribution in [3.05, 3.63) is 29.8 Å². The molecule has 7 heteroatoms. The molecule has 104 valence electrons. The fraction of sp³-hybridized carbons (Fsp3) is 0.455. The minimum Gasteiger partial charge on any atom is -0.380 e. The molecule has 0 heterocycles. The molecule has 0 saturated carbocycles. The van der Waals surface area contributed by atoms with Crippen molar-refractivity contribution < 1.29 is 22.3 Å². The van der Waals surface area contributed by atoms with Gasteiger partial charge < -0.3 is 9.30 Å². The van der Waals surface area contributed by atoms with E-state index in [2.05, 4.69) is 0 Å². The van der Waals surface area contributed by atoms with Crippen molar-refractivity contribution in [2.45, 2.75) is 6.61 Å². The van der Waals surface area contributed by atoms with Crippen LogP contribution < -0.4 is 5.30 Å². The Morgan fingerprint density at radius 1 is 1.33 bits per heavy atom. The largest absolute Gasteiger partial charge is 0.380 e. The lowest BCUT2D eigenvalue weighted by molar-refractivity contribution is 0.185. The van der Waals surface area contributed by atoms with Crippen LogP contribution in [0, 0.1) is 0 Å². The van der Waals surface area contributed by atoms with E-state index in [0.29, 0.717) is 12.9 Å². The second kappa shape index (κ2) is 7.04. The quantitative estimate of drug-likeness (QED) is 0.676. The van der Waals surface area contributed by atoms with Gasteiger partial charge in [0.05, 0.1) is 12.9 Å². The van der Waals surface area contributed by atoms with Crippen LogP contribution >= 0.6 is 7.14 Å². The van der Waals surface area contributed by atoms with Crippen LogP contribution in [0.2, 0.25) is 0 Å². The number of methoxy groups -OCH3 is 1. The van der Waals surface area contributed by atoms with Gasteiger partial charge in [-0.15, -0.1) is 0 Å². The summed E-state index contributed by atoms with van der Waals surface area (Å²) in [5, 5.41) is 0.919. The summed E-state index contributed by atoms with van der Waals surface area (Å²) in [6.07, 6.45) is 0.715. The number of ether oxygens (including phenoxy) is 1. The summed E-state index contributed by atoms with van der Waals surface area (Å²) in [5.74, 6) is 0. The molecule has 0 aromatic heterocycles. The molecule has 0 saturated heterocycles. The monoisotopic (exact) mass is 294 g/mol. The van der Waals surface area contributed by atoms with E-state index in [-0.39, 0.29) is 0 Å². The van der Waals surface area contributed by atoms with Gasteiger partial charge in [0.2, 0.25) is 0 Å². The minimum atomic E-state index is -3.67. The SMILES string of the molecule is COCc1cccc(P(C)(C)=O)c1.CS(=O)(=O)O. The number of benzene rings is 1. The fourth-order valence-corrected chi connectivity index (χ4v) is 2.07. The highest BCUT2D eigenvalue weighted by atomic mass is 32.2. The maximum Gasteiger partial charge on any atom is 0.261 e. The highest BCUT2D eigenvalue weighted by Gasteiger charge is 2.10. The Kier molecular flexibility index (Phi) is 6.78. The average Bonchev–Trinajstić information content (AvgIpc) is 2.14. The lowest BCUT2D eigenvalue weighted by Gasteiger charge is -2.08. The Balaban J connectivity index is 0.000000494. The Bertz CT molecular complexity index is 510. The van der Waals surface area contributed by atoms with Crippen molar-refractivity contribution in [1.29, 1.82) is 0 Å². The Labute approximate surface area is 108 Å². The van der Waals surface area contributed by atoms with E-state index in [1.165, 1.54) is 0 Å². The van der Waals surface area contributed by atoms with Crippen molar-refractivity contribution in [2.24, 2.45) is 0 Å². The summed E-state index contributed by atoms with van der Waals surface area (Å²) in [4.78, 5) is 0. The summed E-state index contributed by atoms with van der Waals surface area (Å²) >= 11 is 0. The number of rotatable bonds is 3. The molecule has 0 atom stereocenters. The Hall–Kier alpha value is -0.680. The lowest BCUT2D eigenvalue weighted by atomic mass is 10.2. The predicted octanol–water partition coefficient (Wildman–Crippen LogP) is 1.58. The van der Waals surface area contributed by atoms with Crippen LogP contribution in [0.15, 0.2) is 24.3 Å². The molecule has 1 aromatic rings. The van der Waals surface area contributed by atoms with Crippen LogP contribution in [0.3, 0.4) is 0 Å². The molecular formula is C11H19O5PS. The van der Waals surface area contributed by atoms with E-state index < -0.39 is 17.3 Å². The van der Waals surface area contributed by atoms with Crippen LogP contribution in [-0.2, 0) is 26.0 Å². The molecule has 1 aromatic carbocycles. The summed E-state index contributed by atoms with van der Waals surface area (Å²) in [6.45, 7) is 4.13. The molecular weight excluding hydrogens is 275 g/mol. The van der Waals surface area contributed by atoms with Crippen LogP contribution in [0.5, 0.6) is 0 Å². The zero-order valence-electron chi connectivity index (χ0n) is 11.0. The summed E-state index contributed by atoms with van der Waals surface area (Å²) in [7, 11) is -4.13. The first-order chi connectivity index (χ1) is 8.04. The predicted molar refractivity (Wildman–Crippen MR) is 73.7 cm³/mol. The van der Waals surface area contributed by atoms with Crippen LogP contribution in [0.25, 0.3) is 0 Å². The topological polar surface area (TPSA) is 80.7 Å². The van der Waals surface area contributed by atoms with Gasteiger partial charge in [0, 0.05) is 12.4 Å². The van der Waals surface area contributed by atoms with Crippen LogP contribution in [0.1, 0.15) is 5.56 Å². The third-order valence-electron chi connectivity index (χ3n) is 1.84. The van der Waals surface area contributed by atoms with Crippen LogP contribution in [-0.4, -0.2) is 39.7 Å². The third kappa shape index (κ3) is 9.36. The first-order valence-electron chi connectivity index (χ1n) is 5.10. The summed E-state index contributed by atoms with van der Waals surface area (Å²) in [5.41, 5.74) is 1.07. The van der Waals surface area contributed by atoms with Gasteiger partial charge in [0.1, 0.15) is 7.14 Å². The van der Waals surface area contributed by atoms with E-state index in [0.717, 1.165) is 10.9 Å². The van der Waals surface area contributed by atoms with Crippen molar-refractivity contribution in [2.75, 3.05) is 26.7 Å². The van der Waals surface area contributed by atoms with Crippen molar-refractivity contribution >= 4 is 22.6 Å². The maximum atomic E-state index is 11.7. The molecule has 18 heavy (non-hydrogen) atoms. The summed E-state index contributed by atoms with van der Waals surface area (Å²) < 4.78 is 42.6. The smallest absolute Gasteiger partial charge is 0.261 e. The number of hydrogen-bond donors (Lipinski definition) is 1. The zero-order chi connectivity index (χ0) is 14.4. The van der Waals surface area contributed by atoms with Gasteiger partial charge in [-0.05, 0) is 25.0 Å². The molecule has 0 bridgehead atoms. The molecule has 1 rings (SSSR count). The van der Waals surface area contributed by atoms with Gasteiger partial charge in [-0.25, -0.2) is 0 Å². The van der Waals surface area contributed by atoms with Gasteiger partial charge >= 0.3 is 0 Å². The average molecular weight is 294 g/mol. The second-order valence-electron chi connectivity index (χ2n) is 4.19. The van der Waals surface area contributed by atoms with Crippen molar-refractivity contribution in [3.63, 3.8) is 0 Å². The molecule has 0 aliphatic rings. The van der Waals surface area contributed by atoms with E-state index in [4.69, 9.17) is 9.29 Å². The van der Waals surface area contributed by atoms with Gasteiger partial charge in [-0.3, -0.25) is 4.55 Å². The summed E-state index contributed by atoms with van der Waals surface area (Å²) in [6, 6.07) is 7.75. The number of hydrogen-bond acceptors (Lipinski definition) is 4. The van der Waals surface area contributed by atoms with Gasteiger partial charge in [0.25, 0.3) is 10.1 Å². The molecule has 1 N–H and O–H groups in total. The highest BCUT2D eigenvalue weighted by Crippen LogP contribution is 2.34. The van der Waals surface area contributed by atoms with Gasteiger partial charge in [-0.2, -0.15) is 8.42 Å². The van der Waals surface area contributed by atoms with Gasteiger partial charge in [0.15, 0.2) is 0 Å². The van der Waals surface area contributed by atoms with E-state index in [1.54, 1.807) is 20.4 Å². The van der Waals surface area contributed by atoms with Crippen molar-refractivity contribution in [1.82, 2.24) is 0 Å². The molecule has 0 amide bonds. The van der Waals surface area contributed by atoms with E-state index in [9.17, 15) is 13.0 Å². The third-order valence-corrected chi connectivity index (χ3v) is 3.37. The standard InChI is InChI=1S/C10H15O2P.CH4O3S/c1-12-8-9-5-4-6-10(7-9)13(2,3)11;1-5(2,3)4/h4-7H,8H2,1-3H3;1H3,(H,2,3,4). The van der Waals surface area contributed by atoms with E-state index in [1.807, 2.05) is 24.3 Å². The molecule has 0 unspecified atom stereocenters. The molecule has 0 fully saturated rings. The van der Waals surface area contributed by atoms with Crippen molar-refractivity contribution in [3.8, 4) is 0 Å². The highest BCUT2D eigenvalue weighted by molar-refractivity contribution is 7.85. The Morgan fingerprint density at radius 3 is 2.22 bits per heavy atom. The van der Waals surface area contributed by atoms with Crippen LogP contribution in [0.4, 0.5) is 0 Å². The normalized spacial score (nSPS) is 11.6. The van der Waals surface area contributed by atoms with Gasteiger partial charge in [-0.1, -0.05) is 18.2 Å². The van der Waals surface area contributed by atoms with E-state index >= 15 is 0 Å². The first-order valence-corrected chi connectivity index (χ1v) is 9.55. The molecule has 5 nitrogen and oxygen atoms in total. The second-order valence-corrected chi connectivity index (χ2v) is 8.87. The molecule has 0 spiro atoms. The molecule has 0 aliphatic carbocycles. The maximum absolute atomic E-state index is 11.7. The molecule has 0 radical (unpaired) electrons. The molecule has 0 aliphatic heterocycles.